The van der Waals surface area contributed by atoms with Crippen LogP contribution in [0.1, 0.15) is 38.3 Å². The molecule has 1 fully saturated rings. The van der Waals surface area contributed by atoms with Gasteiger partial charge < -0.3 is 19.5 Å². The summed E-state index contributed by atoms with van der Waals surface area (Å²) in [6.45, 7) is 7.23. The van der Waals surface area contributed by atoms with Gasteiger partial charge in [-0.3, -0.25) is 0 Å². The second-order valence-electron chi connectivity index (χ2n) is 9.12. The number of nitrogens with zero attached hydrogens (tertiary/aromatic N) is 1. The monoisotopic (exact) mass is 341 g/mol. The molecular weight excluding hydrogens is 314 g/mol. The quantitative estimate of drug-likeness (QED) is 0.798. The van der Waals surface area contributed by atoms with E-state index in [1.807, 2.05) is 6.08 Å². The van der Waals surface area contributed by atoms with Crippen LogP contribution in [-0.4, -0.2) is 47.4 Å². The Balaban J connectivity index is 1.73. The van der Waals surface area contributed by atoms with E-state index in [0.29, 0.717) is 12.0 Å². The number of ether oxygens (including phenoxy) is 2. The fraction of sp³-hybridized carbons (Fsp3) is 0.619. The first kappa shape index (κ1) is 15.7. The molecule has 1 aromatic carbocycles. The second-order valence-corrected chi connectivity index (χ2v) is 9.12. The maximum atomic E-state index is 10.7. The molecule has 5 atom stereocenters. The molecule has 0 amide bonds. The van der Waals surface area contributed by atoms with Crippen molar-refractivity contribution in [2.75, 3.05) is 13.6 Å². The summed E-state index contributed by atoms with van der Waals surface area (Å²) in [4.78, 5) is 2.48. The van der Waals surface area contributed by atoms with Gasteiger partial charge in [0.1, 0.15) is 17.8 Å². The molecule has 2 heterocycles. The minimum Gasteiger partial charge on any atom is -0.484 e. The van der Waals surface area contributed by atoms with E-state index >= 15 is 0 Å². The maximum absolute atomic E-state index is 10.7. The Bertz CT molecular complexity index is 765. The van der Waals surface area contributed by atoms with Crippen LogP contribution in [0.25, 0.3) is 0 Å². The molecule has 2 bridgehead atoms. The zero-order chi connectivity index (χ0) is 17.6. The molecule has 0 radical (unpaired) electrons. The first-order valence-corrected chi connectivity index (χ1v) is 9.40. The van der Waals surface area contributed by atoms with Crippen molar-refractivity contribution < 1.29 is 14.6 Å². The van der Waals surface area contributed by atoms with Crippen LogP contribution in [0.5, 0.6) is 11.5 Å². The molecule has 2 aliphatic heterocycles. The molecule has 4 aliphatic rings. The van der Waals surface area contributed by atoms with Crippen molar-refractivity contribution in [2.24, 2.45) is 5.92 Å². The number of rotatable bonds is 1. The number of likely N-dealkylation sites (tertiary alicyclic amines) is 1. The van der Waals surface area contributed by atoms with Gasteiger partial charge in [-0.05, 0) is 58.8 Å². The van der Waals surface area contributed by atoms with Crippen LogP contribution in [0, 0.1) is 5.92 Å². The van der Waals surface area contributed by atoms with E-state index in [1.54, 1.807) is 0 Å². The van der Waals surface area contributed by atoms with Crippen LogP contribution in [0.15, 0.2) is 24.3 Å². The molecular formula is C21H27NO3. The lowest BCUT2D eigenvalue weighted by Crippen LogP contribution is -2.64. The molecule has 1 spiro atoms. The van der Waals surface area contributed by atoms with Crippen molar-refractivity contribution in [1.29, 1.82) is 0 Å². The summed E-state index contributed by atoms with van der Waals surface area (Å²) in [5, 5.41) is 10.7. The average molecular weight is 341 g/mol. The molecule has 2 aliphatic carbocycles. The predicted octanol–water partition coefficient (Wildman–Crippen LogP) is 2.67. The summed E-state index contributed by atoms with van der Waals surface area (Å²) in [5.74, 6) is 2.10. The lowest BCUT2D eigenvalue weighted by Gasteiger charge is -2.56. The van der Waals surface area contributed by atoms with Crippen LogP contribution in [0.2, 0.25) is 0 Å². The summed E-state index contributed by atoms with van der Waals surface area (Å²) in [7, 11) is 2.23. The number of hydrogen-bond donors (Lipinski definition) is 1. The first-order valence-electron chi connectivity index (χ1n) is 9.40. The zero-order valence-corrected chi connectivity index (χ0v) is 15.5. The van der Waals surface area contributed by atoms with Gasteiger partial charge in [-0.25, -0.2) is 0 Å². The molecule has 4 nitrogen and oxygen atoms in total. The van der Waals surface area contributed by atoms with Gasteiger partial charge in [-0.1, -0.05) is 18.2 Å². The van der Waals surface area contributed by atoms with Crippen molar-refractivity contribution in [3.05, 3.63) is 35.4 Å². The molecule has 0 saturated carbocycles. The number of likely N-dealkylation sites (N-methyl/N-ethyl adjacent to an activating group) is 1. The standard InChI is InChI=1S/C21H27NO3/c1-20(2,3)25-16-8-5-12-11-14-13-6-7-15(23)19-21(13,9-10-22(14)4)17(12)18(16)24-19/h5-8,13-15,19,23H,9-11H2,1-4H3/t13-,14+,15-,19-,21-/m0/s1. The average Bonchev–Trinajstić information content (AvgIpc) is 2.88. The smallest absolute Gasteiger partial charge is 0.166 e. The van der Waals surface area contributed by atoms with Crippen LogP contribution < -0.4 is 9.47 Å². The molecule has 1 saturated heterocycles. The van der Waals surface area contributed by atoms with E-state index in [9.17, 15) is 5.11 Å². The summed E-state index contributed by atoms with van der Waals surface area (Å²) in [5.41, 5.74) is 2.30. The van der Waals surface area contributed by atoms with Gasteiger partial charge in [0.05, 0.1) is 0 Å². The SMILES string of the molecule is CN1CC[C@]23c4c5ccc(OC(C)(C)C)c4O[C@H]2[C@@H](O)C=C[C@H]3[C@H]1C5. The number of aliphatic hydroxyl groups is 1. The summed E-state index contributed by atoms with van der Waals surface area (Å²) < 4.78 is 12.7. The Morgan fingerprint density at radius 1 is 1.28 bits per heavy atom. The van der Waals surface area contributed by atoms with Crippen LogP contribution in [0.4, 0.5) is 0 Å². The van der Waals surface area contributed by atoms with Gasteiger partial charge in [-0.2, -0.15) is 0 Å². The Morgan fingerprint density at radius 3 is 2.84 bits per heavy atom. The van der Waals surface area contributed by atoms with E-state index in [-0.39, 0.29) is 17.1 Å². The third-order valence-electron chi connectivity index (χ3n) is 6.55. The highest BCUT2D eigenvalue weighted by Crippen LogP contribution is 2.62. The number of hydrogen-bond acceptors (Lipinski definition) is 4. The van der Waals surface area contributed by atoms with Crippen LogP contribution in [-0.2, 0) is 11.8 Å². The Morgan fingerprint density at radius 2 is 2.08 bits per heavy atom. The Hall–Kier alpha value is -1.52. The second kappa shape index (κ2) is 4.80. The van der Waals surface area contributed by atoms with Gasteiger partial charge in [0.2, 0.25) is 0 Å². The van der Waals surface area contributed by atoms with Crippen molar-refractivity contribution in [3.8, 4) is 11.5 Å². The van der Waals surface area contributed by atoms with Crippen LogP contribution >= 0.6 is 0 Å². The third-order valence-corrected chi connectivity index (χ3v) is 6.55. The van der Waals surface area contributed by atoms with Gasteiger partial charge >= 0.3 is 0 Å². The lowest BCUT2D eigenvalue weighted by atomic mass is 9.53. The number of piperidine rings is 1. The number of aliphatic hydroxyl groups excluding tert-OH is 1. The lowest BCUT2D eigenvalue weighted by molar-refractivity contribution is -0.0457. The molecule has 25 heavy (non-hydrogen) atoms. The molecule has 134 valence electrons. The van der Waals surface area contributed by atoms with Gasteiger partial charge in [0.25, 0.3) is 0 Å². The molecule has 4 heteroatoms. The highest BCUT2D eigenvalue weighted by Gasteiger charge is 2.64. The van der Waals surface area contributed by atoms with Gasteiger partial charge in [0, 0.05) is 22.9 Å². The van der Waals surface area contributed by atoms with Crippen molar-refractivity contribution in [3.63, 3.8) is 0 Å². The Kier molecular flexibility index (Phi) is 3.02. The zero-order valence-electron chi connectivity index (χ0n) is 15.5. The van der Waals surface area contributed by atoms with E-state index in [0.717, 1.165) is 30.9 Å². The minimum absolute atomic E-state index is 0.106. The Labute approximate surface area is 149 Å². The van der Waals surface area contributed by atoms with E-state index in [4.69, 9.17) is 9.47 Å². The molecule has 0 unspecified atom stereocenters. The maximum Gasteiger partial charge on any atom is 0.166 e. The van der Waals surface area contributed by atoms with Crippen molar-refractivity contribution in [1.82, 2.24) is 4.90 Å². The molecule has 1 aromatic rings. The normalized spacial score (nSPS) is 38.3. The van der Waals surface area contributed by atoms with Crippen molar-refractivity contribution in [2.45, 2.75) is 62.9 Å². The highest BCUT2D eigenvalue weighted by molar-refractivity contribution is 5.62. The summed E-state index contributed by atoms with van der Waals surface area (Å²) in [6, 6.07) is 4.76. The van der Waals surface area contributed by atoms with E-state index < -0.39 is 6.10 Å². The fourth-order valence-electron chi connectivity index (χ4n) is 5.64. The largest absolute Gasteiger partial charge is 0.484 e. The fourth-order valence-corrected chi connectivity index (χ4v) is 5.64. The van der Waals surface area contributed by atoms with Gasteiger partial charge in [-0.15, -0.1) is 0 Å². The minimum atomic E-state index is -0.554. The van der Waals surface area contributed by atoms with Gasteiger partial charge in [0.15, 0.2) is 11.5 Å². The topological polar surface area (TPSA) is 41.9 Å². The van der Waals surface area contributed by atoms with E-state index in [2.05, 4.69) is 50.9 Å². The predicted molar refractivity (Wildman–Crippen MR) is 96.3 cm³/mol. The van der Waals surface area contributed by atoms with E-state index in [1.165, 1.54) is 11.1 Å². The van der Waals surface area contributed by atoms with Crippen molar-refractivity contribution >= 4 is 0 Å². The molecule has 5 rings (SSSR count). The van der Waals surface area contributed by atoms with Crippen LogP contribution in [0.3, 0.4) is 0 Å². The summed E-state index contributed by atoms with van der Waals surface area (Å²) in [6.07, 6.45) is 5.51. The summed E-state index contributed by atoms with van der Waals surface area (Å²) >= 11 is 0. The molecule has 0 aromatic heterocycles. The number of benzene rings is 1. The first-order chi connectivity index (χ1) is 11.8. The highest BCUT2D eigenvalue weighted by atomic mass is 16.5. The third kappa shape index (κ3) is 1.95. The molecule has 1 N–H and O–H groups in total.